The van der Waals surface area contributed by atoms with Crippen LogP contribution in [0.15, 0.2) is 48.5 Å². The van der Waals surface area contributed by atoms with Crippen LogP contribution in [-0.2, 0) is 14.3 Å². The third-order valence-electron chi connectivity index (χ3n) is 7.20. The number of aliphatic carboxylic acids is 1. The highest BCUT2D eigenvalue weighted by Crippen LogP contribution is 2.44. The van der Waals surface area contributed by atoms with Crippen molar-refractivity contribution in [2.24, 2.45) is 17.3 Å². The summed E-state index contributed by atoms with van der Waals surface area (Å²) < 4.78 is 5.59. The van der Waals surface area contributed by atoms with E-state index in [2.05, 4.69) is 34.9 Å². The van der Waals surface area contributed by atoms with E-state index in [1.165, 1.54) is 0 Å². The average molecular weight is 481 g/mol. The molecule has 0 radical (unpaired) electrons. The molecule has 0 spiro atoms. The van der Waals surface area contributed by atoms with E-state index in [9.17, 15) is 14.4 Å². The number of carbonyl (C=O) groups is 3. The first-order valence-electron chi connectivity index (χ1n) is 12.2. The number of hydrogen-bond acceptors (Lipinski definition) is 4. The molecule has 2 unspecified atom stereocenters. The highest BCUT2D eigenvalue weighted by Gasteiger charge is 2.33. The summed E-state index contributed by atoms with van der Waals surface area (Å²) in [5, 5.41) is 14.8. The first-order valence-corrected chi connectivity index (χ1v) is 12.2. The van der Waals surface area contributed by atoms with Crippen molar-refractivity contribution in [1.82, 2.24) is 10.6 Å². The van der Waals surface area contributed by atoms with Crippen LogP contribution >= 0.6 is 0 Å². The van der Waals surface area contributed by atoms with Gasteiger partial charge >= 0.3 is 12.1 Å². The number of hydrogen-bond donors (Lipinski definition) is 3. The van der Waals surface area contributed by atoms with Gasteiger partial charge in [-0.05, 0) is 47.4 Å². The van der Waals surface area contributed by atoms with Gasteiger partial charge in [0.05, 0.1) is 11.8 Å². The third-order valence-corrected chi connectivity index (χ3v) is 7.20. The second-order valence-corrected chi connectivity index (χ2v) is 9.91. The second kappa shape index (κ2) is 11.4. The molecule has 0 aliphatic heterocycles. The van der Waals surface area contributed by atoms with Gasteiger partial charge in [0.1, 0.15) is 6.61 Å². The van der Waals surface area contributed by atoms with E-state index in [1.807, 2.05) is 45.0 Å². The first-order chi connectivity index (χ1) is 16.7. The van der Waals surface area contributed by atoms with Gasteiger partial charge in [-0.15, -0.1) is 0 Å². The molecule has 2 aromatic carbocycles. The topological polar surface area (TPSA) is 105 Å². The molecular weight excluding hydrogens is 444 g/mol. The summed E-state index contributed by atoms with van der Waals surface area (Å²) in [7, 11) is 0. The van der Waals surface area contributed by atoms with Crippen LogP contribution in [0.25, 0.3) is 11.1 Å². The van der Waals surface area contributed by atoms with E-state index >= 15 is 0 Å². The van der Waals surface area contributed by atoms with Crippen LogP contribution < -0.4 is 10.6 Å². The predicted molar refractivity (Wildman–Crippen MR) is 135 cm³/mol. The van der Waals surface area contributed by atoms with E-state index < -0.39 is 17.5 Å². The summed E-state index contributed by atoms with van der Waals surface area (Å²) >= 11 is 0. The molecule has 0 fully saturated rings. The molecule has 2 amide bonds. The lowest BCUT2D eigenvalue weighted by Gasteiger charge is -2.29. The zero-order valence-corrected chi connectivity index (χ0v) is 21.0. The van der Waals surface area contributed by atoms with Crippen molar-refractivity contribution in [2.75, 3.05) is 19.7 Å². The molecule has 1 aliphatic rings. The number of ether oxygens (including phenoxy) is 1. The minimum Gasteiger partial charge on any atom is -0.481 e. The van der Waals surface area contributed by atoms with Gasteiger partial charge in [0.25, 0.3) is 0 Å². The molecule has 2 atom stereocenters. The second-order valence-electron chi connectivity index (χ2n) is 9.91. The Hall–Kier alpha value is -3.35. The number of benzene rings is 2. The Balaban J connectivity index is 1.55. The monoisotopic (exact) mass is 480 g/mol. The Morgan fingerprint density at radius 3 is 2.09 bits per heavy atom. The Bertz CT molecular complexity index is 1020. The molecular formula is C28H36N2O5. The smallest absolute Gasteiger partial charge is 0.407 e. The fraction of sp³-hybridized carbons (Fsp3) is 0.464. The summed E-state index contributed by atoms with van der Waals surface area (Å²) in [5.74, 6) is -1.16. The van der Waals surface area contributed by atoms with Crippen molar-refractivity contribution in [3.8, 4) is 11.1 Å². The number of amides is 2. The number of carbonyl (C=O) groups excluding carboxylic acids is 2. The number of carboxylic acids is 1. The molecule has 7 nitrogen and oxygen atoms in total. The number of carboxylic acid groups (broad SMARTS) is 1. The lowest BCUT2D eigenvalue weighted by atomic mass is 9.85. The van der Waals surface area contributed by atoms with Crippen LogP contribution in [0.3, 0.4) is 0 Å². The Labute approximate surface area is 207 Å². The zero-order valence-electron chi connectivity index (χ0n) is 21.0. The number of nitrogens with one attached hydrogen (secondary N) is 2. The summed E-state index contributed by atoms with van der Waals surface area (Å²) in [5.41, 5.74) is 3.77. The molecule has 3 N–H and O–H groups in total. The van der Waals surface area contributed by atoms with E-state index in [0.29, 0.717) is 6.42 Å². The lowest BCUT2D eigenvalue weighted by Crippen LogP contribution is -2.48. The molecule has 0 saturated heterocycles. The molecule has 3 rings (SSSR count). The lowest BCUT2D eigenvalue weighted by molar-refractivity contribution is -0.139. The van der Waals surface area contributed by atoms with Crippen molar-refractivity contribution in [3.05, 3.63) is 59.7 Å². The van der Waals surface area contributed by atoms with Crippen molar-refractivity contribution in [2.45, 2.75) is 46.5 Å². The van der Waals surface area contributed by atoms with E-state index in [0.717, 1.165) is 22.3 Å². The highest BCUT2D eigenvalue weighted by molar-refractivity contribution is 5.83. The predicted octanol–water partition coefficient (Wildman–Crippen LogP) is 4.80. The van der Waals surface area contributed by atoms with Gasteiger partial charge in [-0.25, -0.2) is 4.79 Å². The van der Waals surface area contributed by atoms with Crippen LogP contribution in [0.1, 0.15) is 57.6 Å². The molecule has 0 bridgehead atoms. The maximum Gasteiger partial charge on any atom is 0.407 e. The van der Waals surface area contributed by atoms with E-state index in [4.69, 9.17) is 9.84 Å². The molecule has 35 heavy (non-hydrogen) atoms. The summed E-state index contributed by atoms with van der Waals surface area (Å²) in [4.78, 5) is 36.6. The molecule has 0 aromatic heterocycles. The average Bonchev–Trinajstić information content (AvgIpc) is 3.16. The van der Waals surface area contributed by atoms with E-state index in [-0.39, 0.29) is 49.8 Å². The van der Waals surface area contributed by atoms with Gasteiger partial charge in [0, 0.05) is 19.0 Å². The minimum atomic E-state index is -0.881. The fourth-order valence-electron chi connectivity index (χ4n) is 4.49. The molecule has 0 heterocycles. The van der Waals surface area contributed by atoms with Gasteiger partial charge in [0.15, 0.2) is 0 Å². The molecule has 0 saturated carbocycles. The fourth-order valence-corrected chi connectivity index (χ4v) is 4.49. The third kappa shape index (κ3) is 6.21. The van der Waals surface area contributed by atoms with Crippen molar-refractivity contribution in [3.63, 3.8) is 0 Å². The zero-order chi connectivity index (χ0) is 25.6. The quantitative estimate of drug-likeness (QED) is 0.428. The summed E-state index contributed by atoms with van der Waals surface area (Å²) in [6.07, 6.45) is -0.0581. The van der Waals surface area contributed by atoms with Crippen LogP contribution in [0.5, 0.6) is 0 Å². The normalized spacial score (nSPS) is 15.0. The van der Waals surface area contributed by atoms with Crippen LogP contribution in [0.4, 0.5) is 4.79 Å². The maximum absolute atomic E-state index is 12.9. The number of alkyl carbamates (subject to hydrolysis) is 1. The molecule has 1 aliphatic carbocycles. The van der Waals surface area contributed by atoms with Gasteiger partial charge in [-0.1, -0.05) is 69.3 Å². The largest absolute Gasteiger partial charge is 0.481 e. The molecule has 188 valence electrons. The van der Waals surface area contributed by atoms with E-state index in [1.54, 1.807) is 6.92 Å². The maximum atomic E-state index is 12.9. The Morgan fingerprint density at radius 1 is 1.00 bits per heavy atom. The molecule has 2 aromatic rings. The summed E-state index contributed by atoms with van der Waals surface area (Å²) in [6, 6.07) is 16.3. The number of rotatable bonds is 11. The summed E-state index contributed by atoms with van der Waals surface area (Å²) in [6.45, 7) is 8.17. The Kier molecular flexibility index (Phi) is 8.54. The van der Waals surface area contributed by atoms with Crippen LogP contribution in [-0.4, -0.2) is 42.8 Å². The van der Waals surface area contributed by atoms with Crippen molar-refractivity contribution >= 4 is 18.0 Å². The van der Waals surface area contributed by atoms with Gasteiger partial charge in [-0.2, -0.15) is 0 Å². The molecule has 7 heteroatoms. The Morgan fingerprint density at radius 2 is 1.57 bits per heavy atom. The van der Waals surface area contributed by atoms with Gasteiger partial charge < -0.3 is 20.5 Å². The van der Waals surface area contributed by atoms with Crippen LogP contribution in [0.2, 0.25) is 0 Å². The van der Waals surface area contributed by atoms with Crippen LogP contribution in [0, 0.1) is 17.3 Å². The van der Waals surface area contributed by atoms with Crippen molar-refractivity contribution in [1.29, 1.82) is 0 Å². The van der Waals surface area contributed by atoms with Gasteiger partial charge in [0.2, 0.25) is 5.91 Å². The van der Waals surface area contributed by atoms with Crippen molar-refractivity contribution < 1.29 is 24.2 Å². The first kappa shape index (κ1) is 26.3. The SMILES string of the molecule is CCC(C)(CNC(=O)OCC1c2ccccc2-c2ccccc21)C(=O)NCC(CC(=O)O)C(C)C. The highest BCUT2D eigenvalue weighted by atomic mass is 16.5. The minimum absolute atomic E-state index is 0.00120. The number of fused-ring (bicyclic) bond motifs is 3. The van der Waals surface area contributed by atoms with Gasteiger partial charge in [-0.3, -0.25) is 9.59 Å². The standard InChI is InChI=1S/C28H36N2O5/c1-5-28(4,26(33)29-15-19(18(2)3)14-25(31)32)17-30-27(34)35-16-24-22-12-8-6-10-20(22)21-11-7-9-13-23(21)24/h6-13,18-19,24H,5,14-17H2,1-4H3,(H,29,33)(H,30,34)(H,31,32).